The molecule has 90 valence electrons. The standard InChI is InChI=1S/C11H15N5O/c17-11(10-7-14-15-8-10)13-3-1-2-5-16-6-4-12-9-16/h4,6-9H,1-3,5H2,(H,13,17)(H,14,15). The van der Waals surface area contributed by atoms with Crippen LogP contribution in [0.3, 0.4) is 0 Å². The van der Waals surface area contributed by atoms with Gasteiger partial charge in [0, 0.05) is 31.7 Å². The predicted octanol–water partition coefficient (Wildman–Crippen LogP) is 0.816. The van der Waals surface area contributed by atoms with E-state index in [0.29, 0.717) is 12.1 Å². The average molecular weight is 233 g/mol. The molecule has 2 rings (SSSR count). The van der Waals surface area contributed by atoms with E-state index in [1.54, 1.807) is 18.7 Å². The average Bonchev–Trinajstić information content (AvgIpc) is 3.01. The van der Waals surface area contributed by atoms with Crippen molar-refractivity contribution in [3.63, 3.8) is 0 Å². The van der Waals surface area contributed by atoms with Gasteiger partial charge in [0.25, 0.3) is 5.91 Å². The molecule has 0 bridgehead atoms. The lowest BCUT2D eigenvalue weighted by Gasteiger charge is -2.04. The number of rotatable bonds is 6. The fourth-order valence-corrected chi connectivity index (χ4v) is 1.52. The van der Waals surface area contributed by atoms with Crippen LogP contribution in [0.1, 0.15) is 23.2 Å². The van der Waals surface area contributed by atoms with Gasteiger partial charge in [-0.15, -0.1) is 0 Å². The van der Waals surface area contributed by atoms with E-state index in [1.807, 2.05) is 10.8 Å². The number of amides is 1. The first kappa shape index (κ1) is 11.4. The Bertz CT molecular complexity index is 434. The zero-order valence-electron chi connectivity index (χ0n) is 9.47. The van der Waals surface area contributed by atoms with Gasteiger partial charge in [-0.05, 0) is 12.8 Å². The lowest BCUT2D eigenvalue weighted by atomic mass is 10.3. The fraction of sp³-hybridized carbons (Fsp3) is 0.364. The van der Waals surface area contributed by atoms with E-state index >= 15 is 0 Å². The van der Waals surface area contributed by atoms with Crippen molar-refractivity contribution in [2.24, 2.45) is 0 Å². The number of hydrogen-bond donors (Lipinski definition) is 2. The summed E-state index contributed by atoms with van der Waals surface area (Å²) in [5, 5.41) is 9.18. The van der Waals surface area contributed by atoms with Gasteiger partial charge in [-0.2, -0.15) is 5.10 Å². The van der Waals surface area contributed by atoms with Crippen molar-refractivity contribution < 1.29 is 4.79 Å². The Morgan fingerprint density at radius 3 is 3.12 bits per heavy atom. The molecule has 0 aliphatic carbocycles. The van der Waals surface area contributed by atoms with Crippen molar-refractivity contribution >= 4 is 5.91 Å². The minimum Gasteiger partial charge on any atom is -0.352 e. The van der Waals surface area contributed by atoms with Crippen molar-refractivity contribution in [3.05, 3.63) is 36.7 Å². The number of carbonyl (C=O) groups is 1. The molecule has 2 aromatic heterocycles. The van der Waals surface area contributed by atoms with Crippen LogP contribution in [0.25, 0.3) is 0 Å². The summed E-state index contributed by atoms with van der Waals surface area (Å²) in [5.41, 5.74) is 0.569. The van der Waals surface area contributed by atoms with E-state index < -0.39 is 0 Å². The normalized spacial score (nSPS) is 10.4. The third-order valence-electron chi connectivity index (χ3n) is 2.45. The number of nitrogens with one attached hydrogen (secondary N) is 2. The van der Waals surface area contributed by atoms with Crippen molar-refractivity contribution in [3.8, 4) is 0 Å². The topological polar surface area (TPSA) is 75.6 Å². The van der Waals surface area contributed by atoms with Crippen molar-refractivity contribution in [2.75, 3.05) is 6.54 Å². The van der Waals surface area contributed by atoms with Crippen molar-refractivity contribution in [2.45, 2.75) is 19.4 Å². The van der Waals surface area contributed by atoms with E-state index in [0.717, 1.165) is 19.4 Å². The van der Waals surface area contributed by atoms with E-state index in [1.165, 1.54) is 6.20 Å². The van der Waals surface area contributed by atoms with E-state index in [9.17, 15) is 4.79 Å². The molecule has 2 heterocycles. The first-order chi connectivity index (χ1) is 8.36. The molecule has 6 nitrogen and oxygen atoms in total. The Morgan fingerprint density at radius 2 is 2.41 bits per heavy atom. The van der Waals surface area contributed by atoms with Crippen LogP contribution in [0, 0.1) is 0 Å². The number of aryl methyl sites for hydroxylation is 1. The molecule has 0 saturated heterocycles. The summed E-state index contributed by atoms with van der Waals surface area (Å²) in [5.74, 6) is -0.0821. The van der Waals surface area contributed by atoms with Crippen LogP contribution < -0.4 is 5.32 Å². The second-order valence-corrected chi connectivity index (χ2v) is 3.75. The summed E-state index contributed by atoms with van der Waals surface area (Å²) in [6.45, 7) is 1.61. The number of H-pyrrole nitrogens is 1. The van der Waals surface area contributed by atoms with Crippen molar-refractivity contribution in [1.29, 1.82) is 0 Å². The molecule has 0 unspecified atom stereocenters. The van der Waals surface area contributed by atoms with Gasteiger partial charge in [-0.25, -0.2) is 4.98 Å². The minimum absolute atomic E-state index is 0.0821. The lowest BCUT2D eigenvalue weighted by Crippen LogP contribution is -2.24. The lowest BCUT2D eigenvalue weighted by molar-refractivity contribution is 0.0953. The van der Waals surface area contributed by atoms with E-state index in [4.69, 9.17) is 0 Å². The third-order valence-corrected chi connectivity index (χ3v) is 2.45. The maximum absolute atomic E-state index is 11.5. The molecule has 0 fully saturated rings. The predicted molar refractivity (Wildman–Crippen MR) is 62.4 cm³/mol. The molecule has 0 saturated carbocycles. The molecular formula is C11H15N5O. The summed E-state index contributed by atoms with van der Waals surface area (Å²) in [7, 11) is 0. The monoisotopic (exact) mass is 233 g/mol. The first-order valence-electron chi connectivity index (χ1n) is 5.59. The van der Waals surface area contributed by atoms with Gasteiger partial charge in [0.1, 0.15) is 0 Å². The molecule has 0 aromatic carbocycles. The molecule has 0 aliphatic heterocycles. The first-order valence-corrected chi connectivity index (χ1v) is 5.59. The van der Waals surface area contributed by atoms with E-state index in [-0.39, 0.29) is 5.91 Å². The smallest absolute Gasteiger partial charge is 0.254 e. The Labute approximate surface area is 99.1 Å². The number of aromatic amines is 1. The summed E-state index contributed by atoms with van der Waals surface area (Å²) >= 11 is 0. The van der Waals surface area contributed by atoms with Gasteiger partial charge in [-0.3, -0.25) is 9.89 Å². The van der Waals surface area contributed by atoms with Crippen LogP contribution in [0.4, 0.5) is 0 Å². The second kappa shape index (κ2) is 5.83. The molecule has 0 aliphatic rings. The summed E-state index contributed by atoms with van der Waals surface area (Å²) in [6, 6.07) is 0. The highest BCUT2D eigenvalue weighted by Crippen LogP contribution is 1.96. The molecule has 2 N–H and O–H groups in total. The Morgan fingerprint density at radius 1 is 1.47 bits per heavy atom. The molecule has 0 spiro atoms. The Hall–Kier alpha value is -2.11. The number of imidazole rings is 1. The Balaban J connectivity index is 1.59. The number of nitrogens with zero attached hydrogens (tertiary/aromatic N) is 3. The van der Waals surface area contributed by atoms with Crippen LogP contribution in [0.15, 0.2) is 31.1 Å². The fourth-order valence-electron chi connectivity index (χ4n) is 1.52. The molecule has 6 heteroatoms. The van der Waals surface area contributed by atoms with Gasteiger partial charge < -0.3 is 9.88 Å². The van der Waals surface area contributed by atoms with Gasteiger partial charge in [0.05, 0.1) is 18.1 Å². The maximum Gasteiger partial charge on any atom is 0.254 e. The van der Waals surface area contributed by atoms with Crippen LogP contribution in [-0.2, 0) is 6.54 Å². The third kappa shape index (κ3) is 3.44. The summed E-state index contributed by atoms with van der Waals surface area (Å²) in [4.78, 5) is 15.5. The number of carbonyl (C=O) groups excluding carboxylic acids is 1. The van der Waals surface area contributed by atoms with Crippen molar-refractivity contribution in [1.82, 2.24) is 25.1 Å². The number of aromatic nitrogens is 4. The van der Waals surface area contributed by atoms with E-state index in [2.05, 4.69) is 20.5 Å². The van der Waals surface area contributed by atoms with Crippen LogP contribution in [0.5, 0.6) is 0 Å². The quantitative estimate of drug-likeness (QED) is 0.725. The minimum atomic E-state index is -0.0821. The van der Waals surface area contributed by atoms with Gasteiger partial charge in [0.15, 0.2) is 0 Å². The largest absolute Gasteiger partial charge is 0.352 e. The summed E-state index contributed by atoms with van der Waals surface area (Å²) in [6.07, 6.45) is 10.6. The van der Waals surface area contributed by atoms with Crippen LogP contribution >= 0.6 is 0 Å². The van der Waals surface area contributed by atoms with Crippen LogP contribution in [0.2, 0.25) is 0 Å². The molecular weight excluding hydrogens is 218 g/mol. The van der Waals surface area contributed by atoms with Gasteiger partial charge in [-0.1, -0.05) is 0 Å². The number of hydrogen-bond acceptors (Lipinski definition) is 3. The highest BCUT2D eigenvalue weighted by molar-refractivity contribution is 5.93. The van der Waals surface area contributed by atoms with Gasteiger partial charge in [0.2, 0.25) is 0 Å². The number of unbranched alkanes of at least 4 members (excludes halogenated alkanes) is 1. The molecule has 0 radical (unpaired) electrons. The molecule has 2 aromatic rings. The zero-order valence-corrected chi connectivity index (χ0v) is 9.47. The summed E-state index contributed by atoms with van der Waals surface area (Å²) < 4.78 is 2.03. The van der Waals surface area contributed by atoms with Gasteiger partial charge >= 0.3 is 0 Å². The highest BCUT2D eigenvalue weighted by Gasteiger charge is 2.04. The zero-order chi connectivity index (χ0) is 11.9. The SMILES string of the molecule is O=C(NCCCCn1ccnc1)c1cn[nH]c1. The highest BCUT2D eigenvalue weighted by atomic mass is 16.1. The molecule has 0 atom stereocenters. The molecule has 17 heavy (non-hydrogen) atoms. The van der Waals surface area contributed by atoms with Crippen LogP contribution in [-0.4, -0.2) is 32.2 Å². The maximum atomic E-state index is 11.5. The second-order valence-electron chi connectivity index (χ2n) is 3.75. The Kier molecular flexibility index (Phi) is 3.90. The molecule has 1 amide bonds.